The van der Waals surface area contributed by atoms with E-state index in [1.165, 1.54) is 10.6 Å². The number of nitrogens with zero attached hydrogens (tertiary/aromatic N) is 3. The van der Waals surface area contributed by atoms with Gasteiger partial charge in [0.1, 0.15) is 6.54 Å². The minimum atomic E-state index is -0.201. The lowest BCUT2D eigenvalue weighted by atomic mass is 10.3. The average Bonchev–Trinajstić information content (AvgIpc) is 2.86. The molecule has 0 fully saturated rings. The minimum absolute atomic E-state index is 0.0205. The Morgan fingerprint density at radius 1 is 1.53 bits per heavy atom. The highest BCUT2D eigenvalue weighted by Gasteiger charge is 2.11. The van der Waals surface area contributed by atoms with Crippen molar-refractivity contribution in [3.63, 3.8) is 0 Å². The lowest BCUT2D eigenvalue weighted by molar-refractivity contribution is -0.131. The molecule has 1 amide bonds. The van der Waals surface area contributed by atoms with Crippen molar-refractivity contribution in [2.24, 2.45) is 0 Å². The zero-order chi connectivity index (χ0) is 13.8. The van der Waals surface area contributed by atoms with Crippen LogP contribution in [0, 0.1) is 0 Å². The molecule has 2 heterocycles. The van der Waals surface area contributed by atoms with Gasteiger partial charge in [-0.2, -0.15) is 5.10 Å². The molecule has 100 valence electrons. The first-order valence-corrected chi connectivity index (χ1v) is 6.43. The van der Waals surface area contributed by atoms with E-state index in [4.69, 9.17) is 0 Å². The van der Waals surface area contributed by atoms with Gasteiger partial charge in [0, 0.05) is 42.1 Å². The van der Waals surface area contributed by atoms with Crippen LogP contribution in [0.3, 0.4) is 0 Å². The summed E-state index contributed by atoms with van der Waals surface area (Å²) in [5.74, 6) is -0.138. The van der Waals surface area contributed by atoms with E-state index < -0.39 is 0 Å². The molecule has 0 aromatic carbocycles. The summed E-state index contributed by atoms with van der Waals surface area (Å²) in [6.45, 7) is 0.477. The van der Waals surface area contributed by atoms with E-state index in [9.17, 15) is 9.59 Å². The summed E-state index contributed by atoms with van der Waals surface area (Å²) in [6, 6.07) is 3.08. The molecule has 0 radical (unpaired) electrons. The van der Waals surface area contributed by atoms with Crippen molar-refractivity contribution in [1.82, 2.24) is 19.7 Å². The Morgan fingerprint density at radius 3 is 3.00 bits per heavy atom. The van der Waals surface area contributed by atoms with E-state index in [-0.39, 0.29) is 18.0 Å². The van der Waals surface area contributed by atoms with Crippen molar-refractivity contribution < 1.29 is 4.79 Å². The van der Waals surface area contributed by atoms with Crippen molar-refractivity contribution in [2.75, 3.05) is 7.05 Å². The molecule has 0 aliphatic heterocycles. The van der Waals surface area contributed by atoms with Gasteiger partial charge >= 0.3 is 0 Å². The predicted molar refractivity (Wildman–Crippen MR) is 73.5 cm³/mol. The molecular formula is C12H13BrN4O2. The molecule has 0 bridgehead atoms. The van der Waals surface area contributed by atoms with Gasteiger partial charge in [0.05, 0.1) is 6.20 Å². The van der Waals surface area contributed by atoms with Gasteiger partial charge in [0.2, 0.25) is 5.91 Å². The Kier molecular flexibility index (Phi) is 4.16. The van der Waals surface area contributed by atoms with Gasteiger partial charge < -0.3 is 9.47 Å². The number of hydrogen-bond acceptors (Lipinski definition) is 3. The number of halogens is 1. The van der Waals surface area contributed by atoms with Crippen LogP contribution in [-0.2, 0) is 17.9 Å². The molecule has 2 rings (SSSR count). The highest BCUT2D eigenvalue weighted by Crippen LogP contribution is 2.06. The summed E-state index contributed by atoms with van der Waals surface area (Å²) >= 11 is 3.27. The van der Waals surface area contributed by atoms with E-state index in [0.29, 0.717) is 6.54 Å². The normalized spacial score (nSPS) is 10.4. The first kappa shape index (κ1) is 13.5. The number of hydrogen-bond donors (Lipinski definition) is 1. The topological polar surface area (TPSA) is 71.0 Å². The second kappa shape index (κ2) is 5.83. The smallest absolute Gasteiger partial charge is 0.251 e. The number of rotatable bonds is 4. The third kappa shape index (κ3) is 3.54. The molecule has 6 nitrogen and oxygen atoms in total. The number of aromatic nitrogens is 3. The molecule has 2 aromatic heterocycles. The third-order valence-corrected chi connectivity index (χ3v) is 3.12. The van der Waals surface area contributed by atoms with Crippen molar-refractivity contribution in [2.45, 2.75) is 13.1 Å². The van der Waals surface area contributed by atoms with E-state index in [1.807, 2.05) is 0 Å². The highest BCUT2D eigenvalue weighted by atomic mass is 79.9. The molecule has 19 heavy (non-hydrogen) atoms. The maximum Gasteiger partial charge on any atom is 0.251 e. The van der Waals surface area contributed by atoms with Crippen LogP contribution < -0.4 is 5.56 Å². The van der Waals surface area contributed by atoms with E-state index in [0.717, 1.165) is 10.0 Å². The van der Waals surface area contributed by atoms with Gasteiger partial charge in [-0.1, -0.05) is 0 Å². The highest BCUT2D eigenvalue weighted by molar-refractivity contribution is 9.10. The van der Waals surface area contributed by atoms with Crippen molar-refractivity contribution in [1.29, 1.82) is 0 Å². The fourth-order valence-corrected chi connectivity index (χ4v) is 2.00. The first-order chi connectivity index (χ1) is 9.06. The van der Waals surface area contributed by atoms with Crippen LogP contribution in [-0.4, -0.2) is 32.6 Å². The average molecular weight is 325 g/mol. The van der Waals surface area contributed by atoms with Gasteiger partial charge in [-0.05, 0) is 22.0 Å². The summed E-state index contributed by atoms with van der Waals surface area (Å²) in [7, 11) is 1.69. The first-order valence-electron chi connectivity index (χ1n) is 5.64. The number of nitrogens with one attached hydrogen (secondary N) is 1. The predicted octanol–water partition coefficient (Wildman–Crippen LogP) is 0.992. The standard InChI is InChI=1S/C12H13BrN4O2/c1-16(6-9-4-14-15-5-9)12(19)8-17-7-10(13)2-3-11(17)18/h2-5,7H,6,8H2,1H3,(H,14,15). The van der Waals surface area contributed by atoms with Crippen molar-refractivity contribution in [3.05, 3.63) is 51.1 Å². The lowest BCUT2D eigenvalue weighted by Crippen LogP contribution is -2.33. The number of H-pyrrole nitrogens is 1. The Hall–Kier alpha value is -1.89. The SMILES string of the molecule is CN(Cc1cn[nH]c1)C(=O)Cn1cc(Br)ccc1=O. The Balaban J connectivity index is 2.04. The van der Waals surface area contributed by atoms with Crippen LogP contribution in [0.5, 0.6) is 0 Å². The maximum absolute atomic E-state index is 12.0. The summed E-state index contributed by atoms with van der Waals surface area (Å²) in [5.41, 5.74) is 0.714. The number of carbonyl (C=O) groups excluding carboxylic acids is 1. The third-order valence-electron chi connectivity index (χ3n) is 2.65. The van der Waals surface area contributed by atoms with Crippen LogP contribution in [0.4, 0.5) is 0 Å². The molecule has 7 heteroatoms. The van der Waals surface area contributed by atoms with Crippen molar-refractivity contribution in [3.8, 4) is 0 Å². The summed E-state index contributed by atoms with van der Waals surface area (Å²) < 4.78 is 2.13. The van der Waals surface area contributed by atoms with Crippen LogP contribution in [0.15, 0.2) is 40.0 Å². The van der Waals surface area contributed by atoms with E-state index in [1.54, 1.807) is 36.6 Å². The second-order valence-electron chi connectivity index (χ2n) is 4.17. The molecule has 0 spiro atoms. The number of amides is 1. The molecular weight excluding hydrogens is 312 g/mol. The molecule has 0 atom stereocenters. The van der Waals surface area contributed by atoms with E-state index in [2.05, 4.69) is 26.1 Å². The van der Waals surface area contributed by atoms with Crippen LogP contribution in [0.2, 0.25) is 0 Å². The van der Waals surface area contributed by atoms with Crippen LogP contribution in [0.1, 0.15) is 5.56 Å². The van der Waals surface area contributed by atoms with Gasteiger partial charge in [0.15, 0.2) is 0 Å². The zero-order valence-corrected chi connectivity index (χ0v) is 11.9. The number of carbonyl (C=O) groups is 1. The number of aromatic amines is 1. The van der Waals surface area contributed by atoms with Gasteiger partial charge in [-0.15, -0.1) is 0 Å². The summed E-state index contributed by atoms with van der Waals surface area (Å²) in [6.07, 6.45) is 5.00. The Bertz CT molecular complexity index is 621. The van der Waals surface area contributed by atoms with Gasteiger partial charge in [0.25, 0.3) is 5.56 Å². The van der Waals surface area contributed by atoms with Gasteiger partial charge in [-0.3, -0.25) is 14.7 Å². The molecule has 0 saturated heterocycles. The largest absolute Gasteiger partial charge is 0.340 e. The van der Waals surface area contributed by atoms with E-state index >= 15 is 0 Å². The minimum Gasteiger partial charge on any atom is -0.340 e. The lowest BCUT2D eigenvalue weighted by Gasteiger charge is -2.16. The Labute approximate surface area is 118 Å². The zero-order valence-electron chi connectivity index (χ0n) is 10.3. The van der Waals surface area contributed by atoms with Crippen molar-refractivity contribution >= 4 is 21.8 Å². The molecule has 0 saturated carbocycles. The van der Waals surface area contributed by atoms with Crippen LogP contribution in [0.25, 0.3) is 0 Å². The monoisotopic (exact) mass is 324 g/mol. The summed E-state index contributed by atoms with van der Waals surface area (Å²) in [4.78, 5) is 25.2. The molecule has 0 unspecified atom stereocenters. The number of pyridine rings is 1. The summed E-state index contributed by atoms with van der Waals surface area (Å²) in [5, 5.41) is 6.51. The van der Waals surface area contributed by atoms with Gasteiger partial charge in [-0.25, -0.2) is 0 Å². The second-order valence-corrected chi connectivity index (χ2v) is 5.09. The molecule has 0 aliphatic carbocycles. The molecule has 2 aromatic rings. The van der Waals surface area contributed by atoms with Crippen LogP contribution >= 0.6 is 15.9 Å². The quantitative estimate of drug-likeness (QED) is 0.911. The maximum atomic E-state index is 12.0. The Morgan fingerprint density at radius 2 is 2.32 bits per heavy atom. The molecule has 0 aliphatic rings. The fourth-order valence-electron chi connectivity index (χ4n) is 1.62. The number of likely N-dealkylation sites (N-methyl/N-ethyl adjacent to an activating group) is 1. The molecule has 1 N–H and O–H groups in total. The fraction of sp³-hybridized carbons (Fsp3) is 0.250.